The summed E-state index contributed by atoms with van der Waals surface area (Å²) >= 11 is 0. The number of methoxy groups -OCH3 is 1. The first-order valence-electron chi connectivity index (χ1n) is 7.36. The average Bonchev–Trinajstić information content (AvgIpc) is 2.49. The highest BCUT2D eigenvalue weighted by atomic mass is 16.5. The van der Waals surface area contributed by atoms with Gasteiger partial charge in [-0.3, -0.25) is 4.79 Å². The SMILES string of the molecule is COC1CN(C(=O)[C@@H](N)Cc2ccc(O)cc2)CCC1C. The molecule has 5 nitrogen and oxygen atoms in total. The van der Waals surface area contributed by atoms with Crippen molar-refractivity contribution < 1.29 is 14.6 Å². The standard InChI is InChI=1S/C16H24N2O3/c1-11-7-8-18(10-15(11)21-2)16(20)14(17)9-12-3-5-13(19)6-4-12/h3-6,11,14-15,19H,7-10,17H2,1-2H3/t11?,14-,15?/m0/s1. The first kappa shape index (κ1) is 15.8. The summed E-state index contributed by atoms with van der Waals surface area (Å²) in [4.78, 5) is 14.2. The molecule has 2 rings (SSSR count). The maximum Gasteiger partial charge on any atom is 0.239 e. The van der Waals surface area contributed by atoms with Crippen LogP contribution in [0.25, 0.3) is 0 Å². The zero-order valence-corrected chi connectivity index (χ0v) is 12.7. The molecule has 1 heterocycles. The van der Waals surface area contributed by atoms with Gasteiger partial charge < -0.3 is 20.5 Å². The fourth-order valence-electron chi connectivity index (χ4n) is 2.75. The summed E-state index contributed by atoms with van der Waals surface area (Å²) in [5.41, 5.74) is 6.99. The molecule has 0 aliphatic carbocycles. The molecule has 5 heteroatoms. The lowest BCUT2D eigenvalue weighted by Gasteiger charge is -2.37. The number of piperidine rings is 1. The van der Waals surface area contributed by atoms with Crippen molar-refractivity contribution in [2.24, 2.45) is 11.7 Å². The number of benzene rings is 1. The maximum absolute atomic E-state index is 12.4. The molecular weight excluding hydrogens is 268 g/mol. The van der Waals surface area contributed by atoms with Gasteiger partial charge in [-0.25, -0.2) is 0 Å². The maximum atomic E-state index is 12.4. The molecule has 21 heavy (non-hydrogen) atoms. The van der Waals surface area contributed by atoms with Crippen LogP contribution in [0.15, 0.2) is 24.3 Å². The van der Waals surface area contributed by atoms with Crippen LogP contribution in [0.4, 0.5) is 0 Å². The number of nitrogens with zero attached hydrogens (tertiary/aromatic N) is 1. The summed E-state index contributed by atoms with van der Waals surface area (Å²) < 4.78 is 5.43. The largest absolute Gasteiger partial charge is 0.508 e. The Labute approximate surface area is 125 Å². The number of phenols is 1. The first-order chi connectivity index (χ1) is 10.0. The summed E-state index contributed by atoms with van der Waals surface area (Å²) in [6.45, 7) is 3.50. The number of nitrogens with two attached hydrogens (primary N) is 1. The van der Waals surface area contributed by atoms with Gasteiger partial charge in [0.05, 0.1) is 12.1 Å². The molecule has 2 unspecified atom stereocenters. The average molecular weight is 292 g/mol. The van der Waals surface area contributed by atoms with Crippen LogP contribution in [0.5, 0.6) is 5.75 Å². The molecule has 0 spiro atoms. The zero-order valence-electron chi connectivity index (χ0n) is 12.7. The number of hydrogen-bond donors (Lipinski definition) is 2. The number of rotatable bonds is 4. The minimum atomic E-state index is -0.555. The van der Waals surface area contributed by atoms with E-state index < -0.39 is 6.04 Å². The van der Waals surface area contributed by atoms with Gasteiger partial charge in [0, 0.05) is 20.2 Å². The van der Waals surface area contributed by atoms with Crippen LogP contribution in [-0.2, 0) is 16.0 Å². The highest BCUT2D eigenvalue weighted by molar-refractivity contribution is 5.82. The Morgan fingerprint density at radius 2 is 2.14 bits per heavy atom. The molecule has 1 amide bonds. The van der Waals surface area contributed by atoms with Crippen LogP contribution < -0.4 is 5.73 Å². The molecule has 1 fully saturated rings. The minimum absolute atomic E-state index is 0.0305. The van der Waals surface area contributed by atoms with Crippen LogP contribution in [0.1, 0.15) is 18.9 Å². The summed E-state index contributed by atoms with van der Waals surface area (Å²) in [7, 11) is 1.69. The van der Waals surface area contributed by atoms with E-state index >= 15 is 0 Å². The number of carbonyl (C=O) groups is 1. The minimum Gasteiger partial charge on any atom is -0.508 e. The van der Waals surface area contributed by atoms with E-state index in [1.807, 2.05) is 0 Å². The van der Waals surface area contributed by atoms with Crippen LogP contribution in [0.2, 0.25) is 0 Å². The number of aromatic hydroxyl groups is 1. The van der Waals surface area contributed by atoms with Gasteiger partial charge >= 0.3 is 0 Å². The quantitative estimate of drug-likeness (QED) is 0.873. The molecule has 1 saturated heterocycles. The van der Waals surface area contributed by atoms with Crippen LogP contribution in [0, 0.1) is 5.92 Å². The molecule has 1 aliphatic rings. The molecule has 1 aromatic carbocycles. The second kappa shape index (κ2) is 6.91. The number of carbonyl (C=O) groups excluding carboxylic acids is 1. The van der Waals surface area contributed by atoms with Crippen molar-refractivity contribution >= 4 is 5.91 Å². The van der Waals surface area contributed by atoms with E-state index in [9.17, 15) is 9.90 Å². The van der Waals surface area contributed by atoms with Gasteiger partial charge in [-0.1, -0.05) is 19.1 Å². The van der Waals surface area contributed by atoms with Gasteiger partial charge in [0.2, 0.25) is 5.91 Å². The Kier molecular flexibility index (Phi) is 5.20. The second-order valence-corrected chi connectivity index (χ2v) is 5.80. The molecule has 116 valence electrons. The molecule has 3 N–H and O–H groups in total. The summed E-state index contributed by atoms with van der Waals surface area (Å²) in [6.07, 6.45) is 1.50. The van der Waals surface area contributed by atoms with E-state index in [4.69, 9.17) is 10.5 Å². The number of amides is 1. The zero-order chi connectivity index (χ0) is 15.4. The third kappa shape index (κ3) is 3.95. The molecule has 3 atom stereocenters. The van der Waals surface area contributed by atoms with Gasteiger partial charge in [0.25, 0.3) is 0 Å². The molecule has 1 aromatic rings. The van der Waals surface area contributed by atoms with Gasteiger partial charge in [0.15, 0.2) is 0 Å². The van der Waals surface area contributed by atoms with Gasteiger partial charge in [-0.2, -0.15) is 0 Å². The Hall–Kier alpha value is -1.59. The van der Waals surface area contributed by atoms with Crippen molar-refractivity contribution in [1.82, 2.24) is 4.90 Å². The topological polar surface area (TPSA) is 75.8 Å². The van der Waals surface area contributed by atoms with E-state index in [0.29, 0.717) is 18.9 Å². The highest BCUT2D eigenvalue weighted by Gasteiger charge is 2.30. The van der Waals surface area contributed by atoms with Gasteiger partial charge in [-0.15, -0.1) is 0 Å². The first-order valence-corrected chi connectivity index (χ1v) is 7.36. The molecule has 0 saturated carbocycles. The fourth-order valence-corrected chi connectivity index (χ4v) is 2.75. The van der Waals surface area contributed by atoms with E-state index in [1.54, 1.807) is 36.3 Å². The van der Waals surface area contributed by atoms with Crippen molar-refractivity contribution in [2.45, 2.75) is 31.9 Å². The number of likely N-dealkylation sites (tertiary alicyclic amines) is 1. The second-order valence-electron chi connectivity index (χ2n) is 5.80. The smallest absolute Gasteiger partial charge is 0.239 e. The number of phenolic OH excluding ortho intramolecular Hbond substituents is 1. The Bertz CT molecular complexity index is 475. The summed E-state index contributed by atoms with van der Waals surface area (Å²) in [6, 6.07) is 6.24. The van der Waals surface area contributed by atoms with Crippen molar-refractivity contribution in [3.63, 3.8) is 0 Å². The monoisotopic (exact) mass is 292 g/mol. The van der Waals surface area contributed by atoms with Crippen molar-refractivity contribution in [1.29, 1.82) is 0 Å². The molecule has 1 aliphatic heterocycles. The lowest BCUT2D eigenvalue weighted by Crippen LogP contribution is -2.52. The normalized spacial score (nSPS) is 23.9. The molecular formula is C16H24N2O3. The van der Waals surface area contributed by atoms with Gasteiger partial charge in [0.1, 0.15) is 5.75 Å². The molecule has 0 bridgehead atoms. The van der Waals surface area contributed by atoms with Crippen LogP contribution >= 0.6 is 0 Å². The molecule has 0 radical (unpaired) electrons. The highest BCUT2D eigenvalue weighted by Crippen LogP contribution is 2.20. The number of hydrogen-bond acceptors (Lipinski definition) is 4. The Balaban J connectivity index is 1.94. The Morgan fingerprint density at radius 3 is 2.76 bits per heavy atom. The molecule has 0 aromatic heterocycles. The predicted octanol–water partition coefficient (Wildman–Crippen LogP) is 1.15. The predicted molar refractivity (Wildman–Crippen MR) is 80.9 cm³/mol. The fraction of sp³-hybridized carbons (Fsp3) is 0.562. The van der Waals surface area contributed by atoms with E-state index in [1.165, 1.54) is 0 Å². The summed E-state index contributed by atoms with van der Waals surface area (Å²) in [5, 5.41) is 9.26. The summed E-state index contributed by atoms with van der Waals surface area (Å²) in [5.74, 6) is 0.649. The van der Waals surface area contributed by atoms with Crippen LogP contribution in [0.3, 0.4) is 0 Å². The Morgan fingerprint density at radius 1 is 1.48 bits per heavy atom. The van der Waals surface area contributed by atoms with E-state index in [0.717, 1.165) is 18.5 Å². The van der Waals surface area contributed by atoms with Gasteiger partial charge in [-0.05, 0) is 36.5 Å². The third-order valence-electron chi connectivity index (χ3n) is 4.21. The lowest BCUT2D eigenvalue weighted by molar-refractivity contribution is -0.137. The van der Waals surface area contributed by atoms with Crippen LogP contribution in [-0.4, -0.2) is 48.3 Å². The van der Waals surface area contributed by atoms with E-state index in [2.05, 4.69) is 6.92 Å². The van der Waals surface area contributed by atoms with Crippen molar-refractivity contribution in [3.8, 4) is 5.75 Å². The van der Waals surface area contributed by atoms with Crippen molar-refractivity contribution in [3.05, 3.63) is 29.8 Å². The lowest BCUT2D eigenvalue weighted by atomic mass is 9.95. The number of ether oxygens (including phenoxy) is 1. The van der Waals surface area contributed by atoms with E-state index in [-0.39, 0.29) is 17.8 Å². The third-order valence-corrected chi connectivity index (χ3v) is 4.21. The van der Waals surface area contributed by atoms with Crippen molar-refractivity contribution in [2.75, 3.05) is 20.2 Å².